The molecule has 0 aromatic heterocycles. The molecular weight excluding hydrogens is 115 g/mol. The average molecular weight is 123 g/mol. The van der Waals surface area contributed by atoms with Crippen LogP contribution < -0.4 is 0 Å². The largest absolute Gasteiger partial charge is 0.243 e. The summed E-state index contributed by atoms with van der Waals surface area (Å²) in [4.78, 5) is 0. The summed E-state index contributed by atoms with van der Waals surface area (Å²) in [5, 5.41) is 0. The van der Waals surface area contributed by atoms with Gasteiger partial charge in [0, 0.05) is 0 Å². The van der Waals surface area contributed by atoms with Gasteiger partial charge in [0.15, 0.2) is 0 Å². The van der Waals surface area contributed by atoms with Crippen LogP contribution in [-0.2, 0) is 0 Å². The number of alkyl halides is 1. The van der Waals surface area contributed by atoms with Gasteiger partial charge in [-0.05, 0) is 18.6 Å². The molecule has 0 aliphatic heterocycles. The van der Waals surface area contributed by atoms with Gasteiger partial charge in [0.2, 0.25) is 0 Å². The van der Waals surface area contributed by atoms with E-state index in [1.807, 2.05) is 12.1 Å². The minimum Gasteiger partial charge on any atom is -0.243 e. The zero-order valence-corrected chi connectivity index (χ0v) is 5.26. The second-order valence-corrected chi connectivity index (χ2v) is 1.93. The van der Waals surface area contributed by atoms with E-state index in [0.717, 1.165) is 0 Å². The van der Waals surface area contributed by atoms with Crippen molar-refractivity contribution < 1.29 is 4.39 Å². The van der Waals surface area contributed by atoms with E-state index in [0.29, 0.717) is 5.56 Å². The summed E-state index contributed by atoms with van der Waals surface area (Å²) < 4.78 is 12.4. The minimum absolute atomic E-state index is 0.623. The average Bonchev–Trinajstić information content (AvgIpc) is 1.90. The first-order valence-electron chi connectivity index (χ1n) is 2.91. The highest BCUT2D eigenvalue weighted by Gasteiger charge is 1.98. The number of benzene rings is 1. The monoisotopic (exact) mass is 123 g/mol. The van der Waals surface area contributed by atoms with Crippen LogP contribution in [0, 0.1) is 6.07 Å². The SMILES string of the molecule is CC(F)c1[c]cccc1. The summed E-state index contributed by atoms with van der Waals surface area (Å²) in [5.74, 6) is 0. The summed E-state index contributed by atoms with van der Waals surface area (Å²) in [7, 11) is 0. The van der Waals surface area contributed by atoms with Crippen molar-refractivity contribution in [3.05, 3.63) is 35.9 Å². The Labute approximate surface area is 54.3 Å². The molecule has 47 valence electrons. The Morgan fingerprint density at radius 2 is 2.33 bits per heavy atom. The fraction of sp³-hybridized carbons (Fsp3) is 0.250. The Morgan fingerprint density at radius 3 is 2.67 bits per heavy atom. The van der Waals surface area contributed by atoms with E-state index < -0.39 is 6.17 Å². The standard InChI is InChI=1S/C8H8F/c1-7(9)8-5-3-2-4-6-8/h2-5,7H,1H3. The van der Waals surface area contributed by atoms with Crippen LogP contribution in [0.2, 0.25) is 0 Å². The van der Waals surface area contributed by atoms with E-state index in [1.165, 1.54) is 6.92 Å². The highest BCUT2D eigenvalue weighted by Crippen LogP contribution is 2.13. The van der Waals surface area contributed by atoms with E-state index in [-0.39, 0.29) is 0 Å². The smallest absolute Gasteiger partial charge is 0.123 e. The molecule has 1 unspecified atom stereocenters. The van der Waals surface area contributed by atoms with Gasteiger partial charge >= 0.3 is 0 Å². The molecule has 0 saturated carbocycles. The maximum absolute atomic E-state index is 12.4. The number of rotatable bonds is 1. The molecule has 0 aliphatic carbocycles. The van der Waals surface area contributed by atoms with Gasteiger partial charge in [-0.1, -0.05) is 24.3 Å². The van der Waals surface area contributed by atoms with Crippen LogP contribution in [0.4, 0.5) is 4.39 Å². The Morgan fingerprint density at radius 1 is 1.56 bits per heavy atom. The number of hydrogen-bond donors (Lipinski definition) is 0. The van der Waals surface area contributed by atoms with Crippen LogP contribution in [-0.4, -0.2) is 0 Å². The summed E-state index contributed by atoms with van der Waals surface area (Å²) in [6.45, 7) is 1.51. The highest BCUT2D eigenvalue weighted by molar-refractivity contribution is 5.14. The predicted molar refractivity (Wildman–Crippen MR) is 34.8 cm³/mol. The molecule has 1 heteroatoms. The van der Waals surface area contributed by atoms with Crippen molar-refractivity contribution in [3.63, 3.8) is 0 Å². The van der Waals surface area contributed by atoms with Crippen LogP contribution in [0.25, 0.3) is 0 Å². The van der Waals surface area contributed by atoms with Crippen LogP contribution in [0.1, 0.15) is 18.7 Å². The maximum atomic E-state index is 12.4. The zero-order valence-electron chi connectivity index (χ0n) is 5.26. The molecule has 1 radical (unpaired) electrons. The molecule has 9 heavy (non-hydrogen) atoms. The Hall–Kier alpha value is -0.850. The first-order chi connectivity index (χ1) is 4.30. The lowest BCUT2D eigenvalue weighted by atomic mass is 10.1. The van der Waals surface area contributed by atoms with E-state index in [2.05, 4.69) is 6.07 Å². The van der Waals surface area contributed by atoms with Crippen molar-refractivity contribution in [1.82, 2.24) is 0 Å². The summed E-state index contributed by atoms with van der Waals surface area (Å²) >= 11 is 0. The lowest BCUT2D eigenvalue weighted by molar-refractivity contribution is 0.374. The normalized spacial score (nSPS) is 13.1. The fourth-order valence-corrected chi connectivity index (χ4v) is 0.655. The third-order valence-electron chi connectivity index (χ3n) is 1.16. The van der Waals surface area contributed by atoms with Crippen LogP contribution >= 0.6 is 0 Å². The summed E-state index contributed by atoms with van der Waals surface area (Å²) in [6, 6.07) is 9.87. The molecule has 0 aliphatic rings. The molecule has 1 aromatic carbocycles. The van der Waals surface area contributed by atoms with Gasteiger partial charge in [-0.2, -0.15) is 0 Å². The minimum atomic E-state index is -0.897. The topological polar surface area (TPSA) is 0 Å². The van der Waals surface area contributed by atoms with Crippen molar-refractivity contribution in [2.24, 2.45) is 0 Å². The molecule has 0 N–H and O–H groups in total. The van der Waals surface area contributed by atoms with E-state index in [4.69, 9.17) is 0 Å². The van der Waals surface area contributed by atoms with Gasteiger partial charge in [0.1, 0.15) is 6.17 Å². The summed E-state index contributed by atoms with van der Waals surface area (Å²) in [6.07, 6.45) is -0.897. The van der Waals surface area contributed by atoms with Crippen molar-refractivity contribution in [2.45, 2.75) is 13.1 Å². The second kappa shape index (κ2) is 2.62. The van der Waals surface area contributed by atoms with E-state index >= 15 is 0 Å². The van der Waals surface area contributed by atoms with Crippen LogP contribution in [0.5, 0.6) is 0 Å². The quantitative estimate of drug-likeness (QED) is 0.538. The van der Waals surface area contributed by atoms with Gasteiger partial charge in [-0.25, -0.2) is 4.39 Å². The molecule has 1 atom stereocenters. The maximum Gasteiger partial charge on any atom is 0.123 e. The van der Waals surface area contributed by atoms with Crippen molar-refractivity contribution in [3.8, 4) is 0 Å². The predicted octanol–water partition coefficient (Wildman–Crippen LogP) is 2.52. The van der Waals surface area contributed by atoms with Crippen molar-refractivity contribution in [2.75, 3.05) is 0 Å². The van der Waals surface area contributed by atoms with Crippen molar-refractivity contribution in [1.29, 1.82) is 0 Å². The molecule has 1 rings (SSSR count). The van der Waals surface area contributed by atoms with Gasteiger partial charge in [0.25, 0.3) is 0 Å². The van der Waals surface area contributed by atoms with Crippen LogP contribution in [0.15, 0.2) is 24.3 Å². The molecule has 1 aromatic rings. The molecule has 0 amide bonds. The molecule has 0 spiro atoms. The van der Waals surface area contributed by atoms with Crippen molar-refractivity contribution >= 4 is 0 Å². The summed E-state index contributed by atoms with van der Waals surface area (Å²) in [5.41, 5.74) is 0.623. The Bertz CT molecular complexity index is 167. The van der Waals surface area contributed by atoms with Crippen LogP contribution in [0.3, 0.4) is 0 Å². The second-order valence-electron chi connectivity index (χ2n) is 1.93. The number of hydrogen-bond acceptors (Lipinski definition) is 0. The van der Waals surface area contributed by atoms with E-state index in [1.54, 1.807) is 12.1 Å². The third-order valence-corrected chi connectivity index (χ3v) is 1.16. The first kappa shape index (κ1) is 6.27. The third kappa shape index (κ3) is 1.53. The number of halogens is 1. The van der Waals surface area contributed by atoms with Gasteiger partial charge in [-0.3, -0.25) is 0 Å². The first-order valence-corrected chi connectivity index (χ1v) is 2.91. The Balaban J connectivity index is 2.85. The zero-order chi connectivity index (χ0) is 6.69. The molecular formula is C8H8F. The van der Waals surface area contributed by atoms with E-state index in [9.17, 15) is 4.39 Å². The van der Waals surface area contributed by atoms with Gasteiger partial charge in [-0.15, -0.1) is 0 Å². The molecule has 0 nitrogen and oxygen atoms in total. The molecule has 0 bridgehead atoms. The Kier molecular flexibility index (Phi) is 1.83. The van der Waals surface area contributed by atoms with Gasteiger partial charge < -0.3 is 0 Å². The lowest BCUT2D eigenvalue weighted by Gasteiger charge is -1.97. The lowest BCUT2D eigenvalue weighted by Crippen LogP contribution is -1.82. The molecule has 0 heterocycles. The fourth-order valence-electron chi connectivity index (χ4n) is 0.655. The highest BCUT2D eigenvalue weighted by atomic mass is 19.1. The molecule has 0 saturated heterocycles. The van der Waals surface area contributed by atoms with Gasteiger partial charge in [0.05, 0.1) is 0 Å². The molecule has 0 fully saturated rings.